The standard InChI is InChI=1S/C26H21N3O5S/c1-32-17-13-11-16(12-14-17)29-25(31)24-23(18-7-3-5-9-20(18)34-24)28-26(29)35-15-22(30)27-19-8-4-6-10-21(19)33-2/h3-14H,15H2,1-2H3,(H,27,30). The van der Waals surface area contributed by atoms with Gasteiger partial charge in [-0.3, -0.25) is 14.2 Å². The van der Waals surface area contributed by atoms with Gasteiger partial charge >= 0.3 is 5.56 Å². The lowest BCUT2D eigenvalue weighted by molar-refractivity contribution is -0.113. The number of methoxy groups -OCH3 is 2. The van der Waals surface area contributed by atoms with Crippen LogP contribution < -0.4 is 20.3 Å². The maximum atomic E-state index is 13.6. The highest BCUT2D eigenvalue weighted by Crippen LogP contribution is 2.29. The number of benzene rings is 3. The Balaban J connectivity index is 1.55. The Morgan fingerprint density at radius 1 is 1.00 bits per heavy atom. The van der Waals surface area contributed by atoms with Gasteiger partial charge in [0.1, 0.15) is 22.6 Å². The van der Waals surface area contributed by atoms with Crippen LogP contribution in [0.25, 0.3) is 27.8 Å². The second kappa shape index (κ2) is 9.55. The number of rotatable bonds is 7. The first kappa shape index (κ1) is 22.5. The monoisotopic (exact) mass is 487 g/mol. The molecule has 2 heterocycles. The topological polar surface area (TPSA) is 95.6 Å². The molecule has 5 aromatic rings. The van der Waals surface area contributed by atoms with Crippen LogP contribution in [-0.4, -0.2) is 35.4 Å². The van der Waals surface area contributed by atoms with Crippen molar-refractivity contribution in [1.29, 1.82) is 0 Å². The number of amides is 1. The second-order valence-corrected chi connectivity index (χ2v) is 8.49. The van der Waals surface area contributed by atoms with Gasteiger partial charge in [0.05, 0.1) is 31.3 Å². The molecule has 5 rings (SSSR count). The third-order valence-corrected chi connectivity index (χ3v) is 6.35. The van der Waals surface area contributed by atoms with Gasteiger partial charge in [-0.05, 0) is 48.5 Å². The Hall–Kier alpha value is -4.24. The number of thioether (sulfide) groups is 1. The minimum absolute atomic E-state index is 0.0297. The molecule has 0 aliphatic heterocycles. The molecule has 176 valence electrons. The first-order valence-corrected chi connectivity index (χ1v) is 11.7. The fourth-order valence-electron chi connectivity index (χ4n) is 3.74. The molecule has 1 amide bonds. The number of para-hydroxylation sites is 3. The van der Waals surface area contributed by atoms with Crippen molar-refractivity contribution in [2.45, 2.75) is 5.16 Å². The highest BCUT2D eigenvalue weighted by molar-refractivity contribution is 7.99. The van der Waals surface area contributed by atoms with Crippen molar-refractivity contribution in [2.75, 3.05) is 25.3 Å². The van der Waals surface area contributed by atoms with E-state index in [0.717, 1.165) is 17.1 Å². The van der Waals surface area contributed by atoms with Crippen LogP contribution in [0.4, 0.5) is 5.69 Å². The number of ether oxygens (including phenoxy) is 2. The second-order valence-electron chi connectivity index (χ2n) is 7.55. The summed E-state index contributed by atoms with van der Waals surface area (Å²) in [6, 6.07) is 21.5. The van der Waals surface area contributed by atoms with E-state index in [1.165, 1.54) is 4.57 Å². The van der Waals surface area contributed by atoms with Gasteiger partial charge in [-0.15, -0.1) is 0 Å². The molecule has 0 bridgehead atoms. The summed E-state index contributed by atoms with van der Waals surface area (Å²) in [5.74, 6) is 0.990. The van der Waals surface area contributed by atoms with Crippen molar-refractivity contribution in [3.05, 3.63) is 83.2 Å². The molecule has 0 radical (unpaired) electrons. The third kappa shape index (κ3) is 4.33. The highest BCUT2D eigenvalue weighted by atomic mass is 32.2. The maximum Gasteiger partial charge on any atom is 0.302 e. The summed E-state index contributed by atoms with van der Waals surface area (Å²) in [7, 11) is 3.12. The van der Waals surface area contributed by atoms with E-state index in [4.69, 9.17) is 18.9 Å². The first-order valence-electron chi connectivity index (χ1n) is 10.7. The fraction of sp³-hybridized carbons (Fsp3) is 0.115. The lowest BCUT2D eigenvalue weighted by Crippen LogP contribution is -2.22. The molecule has 0 unspecified atom stereocenters. The molecule has 0 saturated carbocycles. The van der Waals surface area contributed by atoms with E-state index < -0.39 is 0 Å². The fourth-order valence-corrected chi connectivity index (χ4v) is 4.55. The molecule has 0 aliphatic carbocycles. The summed E-state index contributed by atoms with van der Waals surface area (Å²) < 4.78 is 17.8. The molecule has 0 saturated heterocycles. The highest BCUT2D eigenvalue weighted by Gasteiger charge is 2.20. The quantitative estimate of drug-likeness (QED) is 0.258. The Morgan fingerprint density at radius 2 is 1.74 bits per heavy atom. The van der Waals surface area contributed by atoms with E-state index in [1.807, 2.05) is 30.3 Å². The molecular weight excluding hydrogens is 466 g/mol. The molecule has 0 fully saturated rings. The Kier molecular flexibility index (Phi) is 6.15. The molecule has 9 heteroatoms. The van der Waals surface area contributed by atoms with Gasteiger partial charge in [-0.2, -0.15) is 0 Å². The summed E-state index contributed by atoms with van der Waals surface area (Å²) in [5, 5.41) is 3.96. The van der Waals surface area contributed by atoms with Gasteiger partial charge in [0, 0.05) is 5.39 Å². The van der Waals surface area contributed by atoms with Gasteiger partial charge in [-0.1, -0.05) is 36.0 Å². The van der Waals surface area contributed by atoms with Crippen molar-refractivity contribution >= 4 is 45.4 Å². The van der Waals surface area contributed by atoms with E-state index in [-0.39, 0.29) is 22.8 Å². The predicted octanol–water partition coefficient (Wildman–Crippen LogP) is 4.88. The molecule has 3 aromatic carbocycles. The van der Waals surface area contributed by atoms with Crippen LogP contribution >= 0.6 is 11.8 Å². The Morgan fingerprint density at radius 3 is 2.51 bits per heavy atom. The number of nitrogens with one attached hydrogen (secondary N) is 1. The lowest BCUT2D eigenvalue weighted by atomic mass is 10.2. The SMILES string of the molecule is COc1ccc(-n2c(SCC(=O)Nc3ccccc3OC)nc3c(oc4ccccc43)c2=O)cc1. The summed E-state index contributed by atoms with van der Waals surface area (Å²) in [5.41, 5.74) is 1.98. The van der Waals surface area contributed by atoms with Gasteiger partial charge in [-0.25, -0.2) is 4.98 Å². The summed E-state index contributed by atoms with van der Waals surface area (Å²) in [6.45, 7) is 0. The predicted molar refractivity (Wildman–Crippen MR) is 136 cm³/mol. The number of hydrogen-bond donors (Lipinski definition) is 1. The van der Waals surface area contributed by atoms with Crippen LogP contribution in [0.1, 0.15) is 0 Å². The third-order valence-electron chi connectivity index (χ3n) is 5.41. The minimum Gasteiger partial charge on any atom is -0.497 e. The average molecular weight is 488 g/mol. The van der Waals surface area contributed by atoms with Crippen molar-refractivity contribution < 1.29 is 18.7 Å². The molecule has 8 nitrogen and oxygen atoms in total. The number of fused-ring (bicyclic) bond motifs is 3. The minimum atomic E-state index is -0.357. The molecule has 35 heavy (non-hydrogen) atoms. The number of hydrogen-bond acceptors (Lipinski definition) is 7. The molecule has 0 spiro atoms. The summed E-state index contributed by atoms with van der Waals surface area (Å²) in [4.78, 5) is 31.1. The Labute approximate surface area is 204 Å². The number of carbonyl (C=O) groups is 1. The number of furan rings is 1. The molecule has 1 N–H and O–H groups in total. The zero-order valence-corrected chi connectivity index (χ0v) is 19.8. The normalized spacial score (nSPS) is 11.0. The van der Waals surface area contributed by atoms with Crippen LogP contribution in [0.2, 0.25) is 0 Å². The number of aromatic nitrogens is 2. The Bertz CT molecular complexity index is 1590. The van der Waals surface area contributed by atoms with Crippen LogP contribution in [-0.2, 0) is 4.79 Å². The van der Waals surface area contributed by atoms with Crippen molar-refractivity contribution in [1.82, 2.24) is 9.55 Å². The van der Waals surface area contributed by atoms with E-state index >= 15 is 0 Å². The summed E-state index contributed by atoms with van der Waals surface area (Å²) >= 11 is 1.16. The molecule has 0 atom stereocenters. The van der Waals surface area contributed by atoms with Crippen LogP contribution in [0.5, 0.6) is 11.5 Å². The van der Waals surface area contributed by atoms with Crippen molar-refractivity contribution in [3.63, 3.8) is 0 Å². The van der Waals surface area contributed by atoms with Crippen LogP contribution in [0.3, 0.4) is 0 Å². The lowest BCUT2D eigenvalue weighted by Gasteiger charge is -2.13. The van der Waals surface area contributed by atoms with Crippen molar-refractivity contribution in [3.8, 4) is 17.2 Å². The summed E-state index contributed by atoms with van der Waals surface area (Å²) in [6.07, 6.45) is 0. The van der Waals surface area contributed by atoms with Crippen LogP contribution in [0, 0.1) is 0 Å². The molecule has 2 aromatic heterocycles. The van der Waals surface area contributed by atoms with Gasteiger partial charge in [0.25, 0.3) is 0 Å². The van der Waals surface area contributed by atoms with Gasteiger partial charge in [0.2, 0.25) is 11.5 Å². The van der Waals surface area contributed by atoms with E-state index in [1.54, 1.807) is 56.7 Å². The number of anilines is 1. The molecule has 0 aliphatic rings. The van der Waals surface area contributed by atoms with E-state index in [2.05, 4.69) is 5.32 Å². The van der Waals surface area contributed by atoms with E-state index in [9.17, 15) is 9.59 Å². The van der Waals surface area contributed by atoms with Crippen molar-refractivity contribution in [2.24, 2.45) is 0 Å². The zero-order chi connectivity index (χ0) is 24.4. The average Bonchev–Trinajstić information content (AvgIpc) is 3.27. The molecular formula is C26H21N3O5S. The van der Waals surface area contributed by atoms with Gasteiger partial charge in [0.15, 0.2) is 5.16 Å². The first-order chi connectivity index (χ1) is 17.1. The number of nitrogens with zero attached hydrogens (tertiary/aromatic N) is 2. The maximum absolute atomic E-state index is 13.6. The smallest absolute Gasteiger partial charge is 0.302 e. The van der Waals surface area contributed by atoms with E-state index in [0.29, 0.717) is 39.1 Å². The number of carbonyl (C=O) groups excluding carboxylic acids is 1. The zero-order valence-electron chi connectivity index (χ0n) is 19.0. The van der Waals surface area contributed by atoms with Gasteiger partial charge < -0.3 is 19.2 Å². The van der Waals surface area contributed by atoms with Crippen LogP contribution in [0.15, 0.2) is 87.2 Å². The largest absolute Gasteiger partial charge is 0.497 e.